The van der Waals surface area contributed by atoms with Crippen LogP contribution in [0.3, 0.4) is 0 Å². The Labute approximate surface area is 186 Å². The average Bonchev–Trinajstić information content (AvgIpc) is 2.84. The standard InChI is InChI=1S/C29H18F2O/c1-2-19-32-26-15-11-23(12-16-26)8-7-21-3-5-22(6-4-21)9-10-24-13-17-27-25(20-24)14-18-28(30)29(27)31/h2-6,11-18,20H,1,19H2. The van der Waals surface area contributed by atoms with Crippen molar-refractivity contribution < 1.29 is 13.5 Å². The molecule has 0 bridgehead atoms. The molecule has 0 unspecified atom stereocenters. The van der Waals surface area contributed by atoms with E-state index in [1.807, 2.05) is 48.5 Å². The van der Waals surface area contributed by atoms with Crippen LogP contribution in [0.5, 0.6) is 5.75 Å². The van der Waals surface area contributed by atoms with E-state index < -0.39 is 11.6 Å². The van der Waals surface area contributed by atoms with Gasteiger partial charge in [0.15, 0.2) is 11.6 Å². The molecule has 0 spiro atoms. The van der Waals surface area contributed by atoms with Crippen LogP contribution in [0.15, 0.2) is 91.5 Å². The number of benzene rings is 4. The highest BCUT2D eigenvalue weighted by Gasteiger charge is 2.06. The zero-order valence-corrected chi connectivity index (χ0v) is 17.2. The second-order valence-corrected chi connectivity index (χ2v) is 7.00. The summed E-state index contributed by atoms with van der Waals surface area (Å²) in [7, 11) is 0. The Bertz CT molecular complexity index is 1390. The highest BCUT2D eigenvalue weighted by molar-refractivity contribution is 5.84. The molecule has 0 saturated heterocycles. The van der Waals surface area contributed by atoms with Crippen molar-refractivity contribution in [2.45, 2.75) is 0 Å². The Morgan fingerprint density at radius 2 is 1.22 bits per heavy atom. The molecule has 0 heterocycles. The zero-order chi connectivity index (χ0) is 22.3. The molecule has 4 rings (SSSR count). The third-order valence-corrected chi connectivity index (χ3v) is 4.72. The lowest BCUT2D eigenvalue weighted by Crippen LogP contribution is -1.92. The summed E-state index contributed by atoms with van der Waals surface area (Å²) >= 11 is 0. The fraction of sp³-hybridized carbons (Fsp3) is 0.0345. The summed E-state index contributed by atoms with van der Waals surface area (Å²) < 4.78 is 32.6. The molecule has 0 aromatic heterocycles. The van der Waals surface area contributed by atoms with Crippen LogP contribution in [0.25, 0.3) is 10.8 Å². The van der Waals surface area contributed by atoms with Crippen LogP contribution in [0.4, 0.5) is 8.78 Å². The van der Waals surface area contributed by atoms with E-state index >= 15 is 0 Å². The first-order valence-electron chi connectivity index (χ1n) is 9.98. The lowest BCUT2D eigenvalue weighted by Gasteiger charge is -2.01. The number of hydrogen-bond acceptors (Lipinski definition) is 1. The molecule has 0 aliphatic carbocycles. The molecular weight excluding hydrogens is 402 g/mol. The van der Waals surface area contributed by atoms with E-state index in [0.717, 1.165) is 34.1 Å². The van der Waals surface area contributed by atoms with E-state index in [1.54, 1.807) is 30.3 Å². The second kappa shape index (κ2) is 9.65. The molecular formula is C29H18F2O. The van der Waals surface area contributed by atoms with Gasteiger partial charge in [0.05, 0.1) is 0 Å². The largest absolute Gasteiger partial charge is 0.490 e. The lowest BCUT2D eigenvalue weighted by molar-refractivity contribution is 0.363. The third kappa shape index (κ3) is 5.04. The Morgan fingerprint density at radius 1 is 0.688 bits per heavy atom. The fourth-order valence-electron chi connectivity index (χ4n) is 3.06. The quantitative estimate of drug-likeness (QED) is 0.272. The summed E-state index contributed by atoms with van der Waals surface area (Å²) in [5, 5.41) is 0.860. The Morgan fingerprint density at radius 3 is 1.81 bits per heavy atom. The summed E-state index contributed by atoms with van der Waals surface area (Å²) in [4.78, 5) is 0. The molecule has 3 heteroatoms. The second-order valence-electron chi connectivity index (χ2n) is 7.00. The van der Waals surface area contributed by atoms with Crippen LogP contribution in [0, 0.1) is 35.3 Å². The molecule has 1 nitrogen and oxygen atoms in total. The molecule has 32 heavy (non-hydrogen) atoms. The topological polar surface area (TPSA) is 9.23 Å². The van der Waals surface area contributed by atoms with Crippen LogP contribution in [0.2, 0.25) is 0 Å². The molecule has 154 valence electrons. The van der Waals surface area contributed by atoms with Gasteiger partial charge in [0.1, 0.15) is 12.4 Å². The summed E-state index contributed by atoms with van der Waals surface area (Å²) in [5.41, 5.74) is 3.34. The number of halogens is 2. The van der Waals surface area contributed by atoms with Gasteiger partial charge in [0, 0.05) is 27.6 Å². The zero-order valence-electron chi connectivity index (χ0n) is 17.2. The Kier molecular flexibility index (Phi) is 6.30. The predicted molar refractivity (Wildman–Crippen MR) is 124 cm³/mol. The number of hydrogen-bond donors (Lipinski definition) is 0. The van der Waals surface area contributed by atoms with Crippen molar-refractivity contribution in [1.82, 2.24) is 0 Å². The van der Waals surface area contributed by atoms with Crippen molar-refractivity contribution >= 4 is 10.8 Å². The Hall–Kier alpha value is -4.34. The first-order chi connectivity index (χ1) is 15.6. The molecule has 0 aliphatic heterocycles. The van der Waals surface area contributed by atoms with Gasteiger partial charge in [-0.2, -0.15) is 0 Å². The maximum Gasteiger partial charge on any atom is 0.166 e. The maximum atomic E-state index is 13.8. The molecule has 0 fully saturated rings. The van der Waals surface area contributed by atoms with Crippen LogP contribution in [-0.4, -0.2) is 6.61 Å². The predicted octanol–water partition coefficient (Wildman–Crippen LogP) is 6.48. The fourth-order valence-corrected chi connectivity index (χ4v) is 3.06. The van der Waals surface area contributed by atoms with Gasteiger partial charge in [-0.3, -0.25) is 0 Å². The van der Waals surface area contributed by atoms with E-state index in [4.69, 9.17) is 4.74 Å². The minimum absolute atomic E-state index is 0.248. The molecule has 0 saturated carbocycles. The van der Waals surface area contributed by atoms with Gasteiger partial charge >= 0.3 is 0 Å². The van der Waals surface area contributed by atoms with Crippen molar-refractivity contribution in [2.75, 3.05) is 6.61 Å². The van der Waals surface area contributed by atoms with E-state index in [1.165, 1.54) is 0 Å². The highest BCUT2D eigenvalue weighted by atomic mass is 19.2. The van der Waals surface area contributed by atoms with Crippen LogP contribution in [0.1, 0.15) is 22.3 Å². The van der Waals surface area contributed by atoms with E-state index in [-0.39, 0.29) is 5.39 Å². The first kappa shape index (κ1) is 20.9. The molecule has 0 aliphatic rings. The van der Waals surface area contributed by atoms with Crippen LogP contribution < -0.4 is 4.74 Å². The van der Waals surface area contributed by atoms with Crippen molar-refractivity contribution in [3.8, 4) is 29.4 Å². The molecule has 0 radical (unpaired) electrons. The summed E-state index contributed by atoms with van der Waals surface area (Å²) in [6.07, 6.45) is 1.70. The SMILES string of the molecule is C=CCOc1ccc(C#Cc2ccc(C#Cc3ccc4c(F)c(F)ccc4c3)cc2)cc1. The van der Waals surface area contributed by atoms with E-state index in [2.05, 4.69) is 30.3 Å². The molecule has 0 N–H and O–H groups in total. The summed E-state index contributed by atoms with van der Waals surface area (Å²) in [6.45, 7) is 4.10. The smallest absolute Gasteiger partial charge is 0.166 e. The molecule has 4 aromatic rings. The van der Waals surface area contributed by atoms with Gasteiger partial charge in [-0.15, -0.1) is 0 Å². The number of fused-ring (bicyclic) bond motifs is 1. The van der Waals surface area contributed by atoms with Crippen molar-refractivity contribution in [3.63, 3.8) is 0 Å². The lowest BCUT2D eigenvalue weighted by atomic mass is 10.1. The highest BCUT2D eigenvalue weighted by Crippen LogP contribution is 2.21. The Balaban J connectivity index is 1.46. The maximum absolute atomic E-state index is 13.8. The molecule has 0 atom stereocenters. The van der Waals surface area contributed by atoms with Crippen molar-refractivity contribution in [2.24, 2.45) is 0 Å². The average molecular weight is 420 g/mol. The normalized spacial score (nSPS) is 9.94. The number of rotatable bonds is 3. The van der Waals surface area contributed by atoms with E-state index in [9.17, 15) is 8.78 Å². The van der Waals surface area contributed by atoms with Crippen LogP contribution in [-0.2, 0) is 0 Å². The van der Waals surface area contributed by atoms with E-state index in [0.29, 0.717) is 12.0 Å². The van der Waals surface area contributed by atoms with Gasteiger partial charge < -0.3 is 4.74 Å². The van der Waals surface area contributed by atoms with Gasteiger partial charge in [0.2, 0.25) is 0 Å². The molecule has 0 amide bonds. The third-order valence-electron chi connectivity index (χ3n) is 4.72. The monoisotopic (exact) mass is 420 g/mol. The number of ether oxygens (including phenoxy) is 1. The van der Waals surface area contributed by atoms with Crippen LogP contribution >= 0.6 is 0 Å². The summed E-state index contributed by atoms with van der Waals surface area (Å²) in [6, 6.07) is 22.9. The molecule has 4 aromatic carbocycles. The van der Waals surface area contributed by atoms with Gasteiger partial charge in [-0.1, -0.05) is 48.5 Å². The minimum Gasteiger partial charge on any atom is -0.490 e. The van der Waals surface area contributed by atoms with Crippen molar-refractivity contribution in [1.29, 1.82) is 0 Å². The minimum atomic E-state index is -0.853. The van der Waals surface area contributed by atoms with Crippen molar-refractivity contribution in [3.05, 3.63) is 125 Å². The van der Waals surface area contributed by atoms with Gasteiger partial charge in [-0.25, -0.2) is 8.78 Å². The summed E-state index contributed by atoms with van der Waals surface area (Å²) in [5.74, 6) is 11.5. The first-order valence-corrected chi connectivity index (χ1v) is 9.98. The van der Waals surface area contributed by atoms with Gasteiger partial charge in [-0.05, 0) is 72.1 Å². The van der Waals surface area contributed by atoms with Gasteiger partial charge in [0.25, 0.3) is 0 Å².